The number of phosphoric acid groups is 2. The minimum Gasteiger partial charge on any atom is -0.462 e. The molecular weight excluding hydrogens is 1250 g/mol. The summed E-state index contributed by atoms with van der Waals surface area (Å²) in [5, 5.41) is 10.6. The van der Waals surface area contributed by atoms with E-state index in [9.17, 15) is 43.2 Å². The standard InChI is InChI=1S/C76H148O17P2/c1-8-11-12-13-14-15-27-36-43-50-57-73(78)86-63-72(93-76(81)60-53-46-39-31-29-33-40-47-54-67(4)5)66-91-95(84,85)89-62-70(77)61-88-94(82,83)90-65-71(64-87-74(79)58-51-44-37-32-30-35-42-49-56-69(7)10-3)92-75(80)59-52-45-38-28-25-23-21-19-17-16-18-20-22-24-26-34-41-48-55-68(6)9-2/h67-72,77H,8-66H2,1-7H3,(H,82,83)(H,84,85)/t68?,69?,70-,71-,72-/m1/s1. The highest BCUT2D eigenvalue weighted by molar-refractivity contribution is 7.47. The van der Waals surface area contributed by atoms with Crippen molar-refractivity contribution in [2.75, 3.05) is 39.6 Å². The Morgan fingerprint density at radius 3 is 0.800 bits per heavy atom. The highest BCUT2D eigenvalue weighted by Gasteiger charge is 2.30. The van der Waals surface area contributed by atoms with E-state index in [4.69, 9.17) is 37.0 Å². The molecule has 0 amide bonds. The molecule has 0 aliphatic carbocycles. The van der Waals surface area contributed by atoms with Crippen LogP contribution < -0.4 is 0 Å². The summed E-state index contributed by atoms with van der Waals surface area (Å²) in [6, 6.07) is 0. The fourth-order valence-electron chi connectivity index (χ4n) is 11.5. The van der Waals surface area contributed by atoms with Crippen molar-refractivity contribution in [1.29, 1.82) is 0 Å². The van der Waals surface area contributed by atoms with E-state index in [2.05, 4.69) is 48.5 Å². The van der Waals surface area contributed by atoms with Gasteiger partial charge in [0.15, 0.2) is 12.2 Å². The van der Waals surface area contributed by atoms with Crippen molar-refractivity contribution in [1.82, 2.24) is 0 Å². The van der Waals surface area contributed by atoms with Crippen molar-refractivity contribution >= 4 is 39.5 Å². The second kappa shape index (κ2) is 66.6. The average Bonchev–Trinajstić information content (AvgIpc) is 1.74. The summed E-state index contributed by atoms with van der Waals surface area (Å²) in [5.41, 5.74) is 0. The van der Waals surface area contributed by atoms with Crippen LogP contribution in [0.4, 0.5) is 0 Å². The van der Waals surface area contributed by atoms with E-state index in [1.165, 1.54) is 199 Å². The monoisotopic (exact) mass is 1400 g/mol. The van der Waals surface area contributed by atoms with Gasteiger partial charge in [-0.25, -0.2) is 9.13 Å². The molecule has 0 radical (unpaired) electrons. The number of ether oxygens (including phenoxy) is 4. The van der Waals surface area contributed by atoms with Crippen LogP contribution in [0.1, 0.15) is 389 Å². The van der Waals surface area contributed by atoms with Crippen LogP contribution in [0.3, 0.4) is 0 Å². The lowest BCUT2D eigenvalue weighted by Gasteiger charge is -2.21. The molecule has 0 aromatic carbocycles. The summed E-state index contributed by atoms with van der Waals surface area (Å²) in [5.74, 6) is 0.246. The molecule has 17 nitrogen and oxygen atoms in total. The molecule has 0 heterocycles. The molecule has 0 aliphatic rings. The number of phosphoric ester groups is 2. The summed E-state index contributed by atoms with van der Waals surface area (Å²) in [6.07, 6.45) is 52.8. The fraction of sp³-hybridized carbons (Fsp3) is 0.947. The zero-order valence-corrected chi connectivity index (χ0v) is 63.9. The molecule has 95 heavy (non-hydrogen) atoms. The first kappa shape index (κ1) is 93.1. The Kier molecular flexibility index (Phi) is 65.2. The van der Waals surface area contributed by atoms with Crippen LogP contribution in [0.2, 0.25) is 0 Å². The van der Waals surface area contributed by atoms with Crippen molar-refractivity contribution in [3.63, 3.8) is 0 Å². The van der Waals surface area contributed by atoms with Crippen LogP contribution in [-0.4, -0.2) is 96.7 Å². The maximum absolute atomic E-state index is 13.1. The Bertz CT molecular complexity index is 1860. The highest BCUT2D eigenvalue weighted by atomic mass is 31.2. The van der Waals surface area contributed by atoms with Gasteiger partial charge in [0, 0.05) is 25.7 Å². The molecule has 19 heteroatoms. The average molecular weight is 1400 g/mol. The lowest BCUT2D eigenvalue weighted by atomic mass is 9.99. The van der Waals surface area contributed by atoms with Crippen molar-refractivity contribution < 1.29 is 80.2 Å². The molecule has 0 aliphatic heterocycles. The third kappa shape index (κ3) is 67.6. The fourth-order valence-corrected chi connectivity index (χ4v) is 13.1. The molecule has 0 spiro atoms. The predicted octanol–water partition coefficient (Wildman–Crippen LogP) is 22.2. The van der Waals surface area contributed by atoms with Gasteiger partial charge in [-0.05, 0) is 43.4 Å². The second-order valence-corrected chi connectivity index (χ2v) is 31.3. The Hall–Kier alpha value is -1.94. The van der Waals surface area contributed by atoms with E-state index < -0.39 is 97.5 Å². The SMILES string of the molecule is CCCCCCCCCCCCC(=O)OC[C@H](COP(=O)(O)OC[C@H](O)COP(=O)(O)OC[C@@H](COC(=O)CCCCCCCCCCC(C)CC)OC(=O)CCCCCCCCCCCCCCCCCCCCC(C)CC)OC(=O)CCCCCCCCCCC(C)C. The number of aliphatic hydroxyl groups is 1. The number of carbonyl (C=O) groups is 4. The topological polar surface area (TPSA) is 237 Å². The molecule has 0 saturated heterocycles. The zero-order chi connectivity index (χ0) is 70.1. The Balaban J connectivity index is 5.18. The van der Waals surface area contributed by atoms with Crippen LogP contribution in [-0.2, 0) is 65.4 Å². The summed E-state index contributed by atoms with van der Waals surface area (Å²) in [4.78, 5) is 72.7. The van der Waals surface area contributed by atoms with Gasteiger partial charge in [-0.2, -0.15) is 0 Å². The first-order valence-electron chi connectivity index (χ1n) is 39.4. The van der Waals surface area contributed by atoms with Crippen molar-refractivity contribution in [2.45, 2.75) is 407 Å². The molecule has 564 valence electrons. The Morgan fingerprint density at radius 2 is 0.537 bits per heavy atom. The van der Waals surface area contributed by atoms with Crippen LogP contribution >= 0.6 is 15.6 Å². The van der Waals surface area contributed by atoms with Gasteiger partial charge < -0.3 is 33.8 Å². The second-order valence-electron chi connectivity index (χ2n) is 28.4. The number of hydrogen-bond acceptors (Lipinski definition) is 15. The molecule has 4 unspecified atom stereocenters. The van der Waals surface area contributed by atoms with Gasteiger partial charge in [0.2, 0.25) is 0 Å². The van der Waals surface area contributed by atoms with Crippen molar-refractivity contribution in [3.05, 3.63) is 0 Å². The molecule has 0 rings (SSSR count). The van der Waals surface area contributed by atoms with Crippen LogP contribution in [0.15, 0.2) is 0 Å². The first-order valence-corrected chi connectivity index (χ1v) is 42.4. The number of hydrogen-bond donors (Lipinski definition) is 3. The maximum Gasteiger partial charge on any atom is 0.472 e. The Labute approximate surface area is 581 Å². The van der Waals surface area contributed by atoms with Gasteiger partial charge in [0.05, 0.1) is 26.4 Å². The molecule has 0 aromatic rings. The van der Waals surface area contributed by atoms with E-state index in [0.717, 1.165) is 108 Å². The quantitative estimate of drug-likeness (QED) is 0.0222. The van der Waals surface area contributed by atoms with E-state index in [1.54, 1.807) is 0 Å². The number of carbonyl (C=O) groups excluding carboxylic acids is 4. The van der Waals surface area contributed by atoms with E-state index in [1.807, 2.05) is 0 Å². The van der Waals surface area contributed by atoms with E-state index in [0.29, 0.717) is 25.7 Å². The van der Waals surface area contributed by atoms with Crippen LogP contribution in [0.25, 0.3) is 0 Å². The first-order chi connectivity index (χ1) is 45.8. The number of esters is 4. The minimum atomic E-state index is -4.96. The molecule has 0 saturated carbocycles. The molecule has 0 bridgehead atoms. The van der Waals surface area contributed by atoms with Gasteiger partial charge >= 0.3 is 39.5 Å². The molecule has 0 fully saturated rings. The normalized spacial score (nSPS) is 14.6. The van der Waals surface area contributed by atoms with Gasteiger partial charge in [-0.15, -0.1) is 0 Å². The lowest BCUT2D eigenvalue weighted by Crippen LogP contribution is -2.30. The Morgan fingerprint density at radius 1 is 0.305 bits per heavy atom. The molecular formula is C76H148O17P2. The van der Waals surface area contributed by atoms with Crippen molar-refractivity contribution in [2.24, 2.45) is 17.8 Å². The molecule has 0 aromatic heterocycles. The van der Waals surface area contributed by atoms with Gasteiger partial charge in [-0.3, -0.25) is 37.3 Å². The van der Waals surface area contributed by atoms with Gasteiger partial charge in [0.25, 0.3) is 0 Å². The smallest absolute Gasteiger partial charge is 0.462 e. The predicted molar refractivity (Wildman–Crippen MR) is 386 cm³/mol. The minimum absolute atomic E-state index is 0.104. The summed E-state index contributed by atoms with van der Waals surface area (Å²) >= 11 is 0. The maximum atomic E-state index is 13.1. The van der Waals surface area contributed by atoms with Crippen LogP contribution in [0.5, 0.6) is 0 Å². The largest absolute Gasteiger partial charge is 0.472 e. The third-order valence-electron chi connectivity index (χ3n) is 18.4. The van der Waals surface area contributed by atoms with Crippen LogP contribution in [0, 0.1) is 17.8 Å². The molecule has 7 atom stereocenters. The van der Waals surface area contributed by atoms with Gasteiger partial charge in [0.1, 0.15) is 19.3 Å². The van der Waals surface area contributed by atoms with Gasteiger partial charge in [-0.1, -0.05) is 337 Å². The number of rotatable bonds is 74. The zero-order valence-electron chi connectivity index (χ0n) is 62.1. The summed E-state index contributed by atoms with van der Waals surface area (Å²) in [6.45, 7) is 11.9. The van der Waals surface area contributed by atoms with Crippen molar-refractivity contribution in [3.8, 4) is 0 Å². The summed E-state index contributed by atoms with van der Waals surface area (Å²) < 4.78 is 68.4. The third-order valence-corrected chi connectivity index (χ3v) is 20.3. The summed E-state index contributed by atoms with van der Waals surface area (Å²) in [7, 11) is -9.91. The number of aliphatic hydroxyl groups excluding tert-OH is 1. The lowest BCUT2D eigenvalue weighted by molar-refractivity contribution is -0.161. The molecule has 3 N–H and O–H groups in total. The highest BCUT2D eigenvalue weighted by Crippen LogP contribution is 2.45. The van der Waals surface area contributed by atoms with E-state index >= 15 is 0 Å². The number of unbranched alkanes of at least 4 members (excludes halogenated alkanes) is 40. The van der Waals surface area contributed by atoms with E-state index in [-0.39, 0.29) is 25.7 Å².